The van der Waals surface area contributed by atoms with Gasteiger partial charge in [0, 0.05) is 21.7 Å². The average Bonchev–Trinajstić information content (AvgIpc) is 3.16. The minimum absolute atomic E-state index is 0.0590. The maximum atomic E-state index is 12.4. The number of hydrogen-bond donors (Lipinski definition) is 1. The van der Waals surface area contributed by atoms with E-state index in [-0.39, 0.29) is 5.57 Å². The molecule has 1 aromatic heterocycles. The first kappa shape index (κ1) is 20.6. The molecule has 29 heavy (non-hydrogen) atoms. The van der Waals surface area contributed by atoms with Gasteiger partial charge >= 0.3 is 0 Å². The first-order valence-corrected chi connectivity index (χ1v) is 9.96. The highest BCUT2D eigenvalue weighted by Gasteiger charge is 2.11. The lowest BCUT2D eigenvalue weighted by molar-refractivity contribution is -0.112. The van der Waals surface area contributed by atoms with E-state index < -0.39 is 5.91 Å². The number of rotatable bonds is 7. The molecule has 0 unspecified atom stereocenters. The van der Waals surface area contributed by atoms with E-state index in [0.717, 1.165) is 4.90 Å². The molecule has 0 aliphatic carbocycles. The molecule has 0 spiro atoms. The van der Waals surface area contributed by atoms with Gasteiger partial charge in [-0.3, -0.25) is 4.79 Å². The van der Waals surface area contributed by atoms with Crippen molar-refractivity contribution < 1.29 is 13.9 Å². The van der Waals surface area contributed by atoms with E-state index in [2.05, 4.69) is 5.32 Å². The fourth-order valence-corrected chi connectivity index (χ4v) is 3.28. The van der Waals surface area contributed by atoms with Crippen LogP contribution in [0.3, 0.4) is 0 Å². The van der Waals surface area contributed by atoms with Crippen LogP contribution >= 0.6 is 23.4 Å². The summed E-state index contributed by atoms with van der Waals surface area (Å²) in [7, 11) is 0. The Morgan fingerprint density at radius 3 is 2.55 bits per heavy atom. The molecule has 0 aliphatic heterocycles. The topological polar surface area (TPSA) is 75.3 Å². The lowest BCUT2D eigenvalue weighted by atomic mass is 10.2. The number of carbonyl (C=O) groups excluding carboxylic acids is 1. The van der Waals surface area contributed by atoms with Gasteiger partial charge in [-0.15, -0.1) is 0 Å². The van der Waals surface area contributed by atoms with Crippen LogP contribution in [0.4, 0.5) is 5.69 Å². The summed E-state index contributed by atoms with van der Waals surface area (Å²) in [6.07, 6.45) is 1.41. The number of nitrogens with zero attached hydrogens (tertiary/aromatic N) is 1. The highest BCUT2D eigenvalue weighted by Crippen LogP contribution is 2.30. The number of amides is 1. The van der Waals surface area contributed by atoms with E-state index in [9.17, 15) is 10.1 Å². The number of carbonyl (C=O) groups is 1. The van der Waals surface area contributed by atoms with Crippen molar-refractivity contribution in [3.63, 3.8) is 0 Å². The molecule has 1 amide bonds. The van der Waals surface area contributed by atoms with Gasteiger partial charge < -0.3 is 14.5 Å². The molecule has 0 atom stereocenters. The van der Waals surface area contributed by atoms with E-state index >= 15 is 0 Å². The fraction of sp³-hybridized carbons (Fsp3) is 0.0909. The lowest BCUT2D eigenvalue weighted by Crippen LogP contribution is -2.13. The predicted octanol–water partition coefficient (Wildman–Crippen LogP) is 6.03. The molecule has 1 heterocycles. The van der Waals surface area contributed by atoms with Crippen LogP contribution in [0, 0.1) is 11.3 Å². The van der Waals surface area contributed by atoms with Crippen molar-refractivity contribution in [1.82, 2.24) is 0 Å². The predicted molar refractivity (Wildman–Crippen MR) is 114 cm³/mol. The Hall–Kier alpha value is -3.14. The van der Waals surface area contributed by atoms with Crippen molar-refractivity contribution in [2.75, 3.05) is 11.9 Å². The van der Waals surface area contributed by atoms with E-state index in [1.54, 1.807) is 48.5 Å². The molecule has 0 bridgehead atoms. The minimum Gasteiger partial charge on any atom is -0.494 e. The van der Waals surface area contributed by atoms with Crippen molar-refractivity contribution in [1.29, 1.82) is 5.26 Å². The van der Waals surface area contributed by atoms with Crippen LogP contribution in [-0.4, -0.2) is 12.5 Å². The number of anilines is 1. The first-order valence-electron chi connectivity index (χ1n) is 8.76. The molecule has 5 nitrogen and oxygen atoms in total. The van der Waals surface area contributed by atoms with Crippen molar-refractivity contribution >= 4 is 41.0 Å². The SMILES string of the molecule is CCOc1ccc(NC(=O)/C(C#N)=C/c2ccc(Sc3ccc(Cl)cc3)o2)cc1. The summed E-state index contributed by atoms with van der Waals surface area (Å²) in [5.74, 6) is 0.614. The summed E-state index contributed by atoms with van der Waals surface area (Å²) in [6.45, 7) is 2.46. The van der Waals surface area contributed by atoms with Crippen LogP contribution in [0.25, 0.3) is 6.08 Å². The van der Waals surface area contributed by atoms with Crippen molar-refractivity contribution in [2.45, 2.75) is 16.9 Å². The monoisotopic (exact) mass is 424 g/mol. The fourth-order valence-electron chi connectivity index (χ4n) is 2.38. The molecular weight excluding hydrogens is 408 g/mol. The van der Waals surface area contributed by atoms with E-state index in [0.29, 0.717) is 33.9 Å². The smallest absolute Gasteiger partial charge is 0.266 e. The van der Waals surface area contributed by atoms with Crippen molar-refractivity contribution in [3.05, 3.63) is 77.0 Å². The van der Waals surface area contributed by atoms with Crippen molar-refractivity contribution in [3.8, 4) is 11.8 Å². The number of furan rings is 1. The third-order valence-corrected chi connectivity index (χ3v) is 4.89. The van der Waals surface area contributed by atoms with Crippen LogP contribution < -0.4 is 10.1 Å². The summed E-state index contributed by atoms with van der Waals surface area (Å²) >= 11 is 7.30. The zero-order chi connectivity index (χ0) is 20.6. The molecule has 2 aromatic carbocycles. The van der Waals surface area contributed by atoms with Gasteiger partial charge in [0.15, 0.2) is 5.09 Å². The van der Waals surface area contributed by atoms with Crippen LogP contribution in [0.2, 0.25) is 5.02 Å². The van der Waals surface area contributed by atoms with Gasteiger partial charge in [0.25, 0.3) is 5.91 Å². The molecule has 0 saturated carbocycles. The summed E-state index contributed by atoms with van der Waals surface area (Å²) < 4.78 is 11.1. The molecule has 7 heteroatoms. The van der Waals surface area contributed by atoms with Crippen LogP contribution in [-0.2, 0) is 4.79 Å². The number of benzene rings is 2. The lowest BCUT2D eigenvalue weighted by Gasteiger charge is -2.06. The Morgan fingerprint density at radius 2 is 1.90 bits per heavy atom. The molecule has 3 aromatic rings. The summed E-state index contributed by atoms with van der Waals surface area (Å²) in [4.78, 5) is 13.4. The Labute approximate surface area is 177 Å². The molecular formula is C22H17ClN2O3S. The zero-order valence-corrected chi connectivity index (χ0v) is 17.1. The van der Waals surface area contributed by atoms with Crippen molar-refractivity contribution in [2.24, 2.45) is 0 Å². The second kappa shape index (κ2) is 9.87. The van der Waals surface area contributed by atoms with Crippen LogP contribution in [0.1, 0.15) is 12.7 Å². The highest BCUT2D eigenvalue weighted by molar-refractivity contribution is 7.99. The van der Waals surface area contributed by atoms with Gasteiger partial charge in [-0.1, -0.05) is 23.4 Å². The molecule has 1 N–H and O–H groups in total. The highest BCUT2D eigenvalue weighted by atomic mass is 35.5. The Bertz CT molecular complexity index is 1050. The Kier molecular flexibility index (Phi) is 7.01. The van der Waals surface area contributed by atoms with Gasteiger partial charge in [0.05, 0.1) is 6.61 Å². The standard InChI is InChI=1S/C22H17ClN2O3S/c1-2-27-18-7-5-17(6-8-18)25-22(26)15(14-24)13-19-9-12-21(28-19)29-20-10-3-16(23)4-11-20/h3-13H,2H2,1H3,(H,25,26)/b15-13+. The van der Waals surface area contributed by atoms with Crippen LogP contribution in [0.15, 0.2) is 80.6 Å². The molecule has 0 aliphatic rings. The Morgan fingerprint density at radius 1 is 1.17 bits per heavy atom. The number of halogens is 1. The minimum atomic E-state index is -0.514. The second-order valence-corrected chi connectivity index (χ2v) is 7.31. The number of hydrogen-bond acceptors (Lipinski definition) is 5. The normalized spacial score (nSPS) is 11.0. The quantitative estimate of drug-likeness (QED) is 0.370. The first-order chi connectivity index (χ1) is 14.1. The van der Waals surface area contributed by atoms with Gasteiger partial charge in [0.2, 0.25) is 0 Å². The maximum absolute atomic E-state index is 12.4. The van der Waals surface area contributed by atoms with Gasteiger partial charge in [-0.05, 0) is 67.6 Å². The number of nitrogens with one attached hydrogen (secondary N) is 1. The molecule has 146 valence electrons. The largest absolute Gasteiger partial charge is 0.494 e. The van der Waals surface area contributed by atoms with E-state index in [1.165, 1.54) is 17.8 Å². The number of ether oxygens (including phenoxy) is 1. The van der Waals surface area contributed by atoms with E-state index in [4.69, 9.17) is 20.8 Å². The second-order valence-electron chi connectivity index (χ2n) is 5.79. The van der Waals surface area contributed by atoms with E-state index in [1.807, 2.05) is 25.1 Å². The summed E-state index contributed by atoms with van der Waals surface area (Å²) in [5, 5.41) is 13.4. The number of nitriles is 1. The van der Waals surface area contributed by atoms with Crippen LogP contribution in [0.5, 0.6) is 5.75 Å². The molecule has 0 saturated heterocycles. The average molecular weight is 425 g/mol. The Balaban J connectivity index is 1.67. The third-order valence-electron chi connectivity index (χ3n) is 3.71. The third kappa shape index (κ3) is 5.92. The molecule has 0 fully saturated rings. The van der Waals surface area contributed by atoms with Gasteiger partial charge in [-0.25, -0.2) is 0 Å². The molecule has 3 rings (SSSR count). The zero-order valence-electron chi connectivity index (χ0n) is 15.5. The van der Waals surface area contributed by atoms with Gasteiger partial charge in [0.1, 0.15) is 23.2 Å². The molecule has 0 radical (unpaired) electrons. The maximum Gasteiger partial charge on any atom is 0.266 e. The summed E-state index contributed by atoms with van der Waals surface area (Å²) in [5.41, 5.74) is 0.509. The summed E-state index contributed by atoms with van der Waals surface area (Å²) in [6, 6.07) is 19.7. The van der Waals surface area contributed by atoms with Gasteiger partial charge in [-0.2, -0.15) is 5.26 Å².